The Morgan fingerprint density at radius 2 is 2.09 bits per heavy atom. The van der Waals surface area contributed by atoms with Crippen LogP contribution in [-0.4, -0.2) is 37.3 Å². The van der Waals surface area contributed by atoms with Gasteiger partial charge >= 0.3 is 0 Å². The summed E-state index contributed by atoms with van der Waals surface area (Å²) >= 11 is 3.11. The van der Waals surface area contributed by atoms with E-state index in [0.29, 0.717) is 30.5 Å². The minimum Gasteiger partial charge on any atom is -0.330 e. The van der Waals surface area contributed by atoms with E-state index in [0.717, 1.165) is 6.07 Å². The molecule has 0 spiro atoms. The average molecular weight is 415 g/mol. The van der Waals surface area contributed by atoms with Crippen LogP contribution in [0.1, 0.15) is 13.3 Å². The van der Waals surface area contributed by atoms with Crippen molar-refractivity contribution in [3.8, 4) is 0 Å². The smallest absolute Gasteiger partial charge is 0.271 e. The highest BCUT2D eigenvalue weighted by molar-refractivity contribution is 9.10. The van der Waals surface area contributed by atoms with Gasteiger partial charge in [-0.15, -0.1) is 12.4 Å². The van der Waals surface area contributed by atoms with Crippen LogP contribution < -0.4 is 5.73 Å². The summed E-state index contributed by atoms with van der Waals surface area (Å²) in [6.07, 6.45) is 0.679. The Kier molecular flexibility index (Phi) is 5.96. The van der Waals surface area contributed by atoms with E-state index in [1.807, 2.05) is 6.92 Å². The van der Waals surface area contributed by atoms with Gasteiger partial charge in [0.15, 0.2) is 0 Å². The third-order valence-corrected chi connectivity index (χ3v) is 6.00. The lowest BCUT2D eigenvalue weighted by Gasteiger charge is -2.22. The van der Waals surface area contributed by atoms with Crippen LogP contribution in [0.15, 0.2) is 27.6 Å². The number of hydrogen-bond acceptors (Lipinski definition) is 5. The van der Waals surface area contributed by atoms with Crippen LogP contribution in [0.4, 0.5) is 5.69 Å². The first kappa shape index (κ1) is 19.3. The first-order valence-electron chi connectivity index (χ1n) is 6.33. The lowest BCUT2D eigenvalue weighted by Crippen LogP contribution is -2.34. The van der Waals surface area contributed by atoms with Crippen LogP contribution in [-0.2, 0) is 10.0 Å². The molecule has 1 heterocycles. The predicted octanol–water partition coefficient (Wildman–Crippen LogP) is 2.14. The van der Waals surface area contributed by atoms with Gasteiger partial charge in [0.2, 0.25) is 10.0 Å². The second-order valence-electron chi connectivity index (χ2n) is 5.51. The maximum atomic E-state index is 12.6. The van der Waals surface area contributed by atoms with Gasteiger partial charge in [0.05, 0.1) is 9.82 Å². The van der Waals surface area contributed by atoms with Gasteiger partial charge in [0.1, 0.15) is 0 Å². The summed E-state index contributed by atoms with van der Waals surface area (Å²) in [4.78, 5) is 10.2. The Morgan fingerprint density at radius 3 is 2.59 bits per heavy atom. The number of non-ortho nitro benzene ring substituents is 1. The molecular formula is C12H17BrClN3O4S. The average Bonchev–Trinajstić information content (AvgIpc) is 2.82. The van der Waals surface area contributed by atoms with Crippen molar-refractivity contribution in [3.05, 3.63) is 32.8 Å². The second-order valence-corrected chi connectivity index (χ2v) is 8.36. The third-order valence-electron chi connectivity index (χ3n) is 3.72. The number of halogens is 2. The largest absolute Gasteiger partial charge is 0.330 e. The summed E-state index contributed by atoms with van der Waals surface area (Å²) in [5.74, 6) is 0. The predicted molar refractivity (Wildman–Crippen MR) is 88.6 cm³/mol. The van der Waals surface area contributed by atoms with Crippen molar-refractivity contribution >= 4 is 44.0 Å². The highest BCUT2D eigenvalue weighted by atomic mass is 79.9. The SMILES string of the molecule is CC1(CN)CCN(S(=O)(=O)c2cc(Br)cc([N+](=O)[O-])c2)C1.Cl. The van der Waals surface area contributed by atoms with Gasteiger partial charge in [-0.2, -0.15) is 4.31 Å². The van der Waals surface area contributed by atoms with Crippen molar-refractivity contribution in [3.63, 3.8) is 0 Å². The van der Waals surface area contributed by atoms with Gasteiger partial charge in [0, 0.05) is 29.7 Å². The van der Waals surface area contributed by atoms with Crippen molar-refractivity contribution in [1.82, 2.24) is 4.31 Å². The maximum Gasteiger partial charge on any atom is 0.271 e. The second kappa shape index (κ2) is 6.79. The van der Waals surface area contributed by atoms with Gasteiger partial charge in [-0.1, -0.05) is 22.9 Å². The lowest BCUT2D eigenvalue weighted by atomic mass is 9.90. The molecule has 1 saturated heterocycles. The summed E-state index contributed by atoms with van der Waals surface area (Å²) < 4.78 is 26.9. The topological polar surface area (TPSA) is 107 Å². The normalized spacial score (nSPS) is 22.3. The number of sulfonamides is 1. The molecule has 1 fully saturated rings. The highest BCUT2D eigenvalue weighted by Gasteiger charge is 2.39. The minimum absolute atomic E-state index is 0. The Morgan fingerprint density at radius 1 is 1.45 bits per heavy atom. The van der Waals surface area contributed by atoms with Crippen molar-refractivity contribution < 1.29 is 13.3 Å². The molecule has 2 rings (SSSR count). The van der Waals surface area contributed by atoms with E-state index in [-0.39, 0.29) is 28.4 Å². The lowest BCUT2D eigenvalue weighted by molar-refractivity contribution is -0.385. The molecule has 22 heavy (non-hydrogen) atoms. The van der Waals surface area contributed by atoms with E-state index < -0.39 is 14.9 Å². The first-order valence-corrected chi connectivity index (χ1v) is 8.56. The molecule has 2 N–H and O–H groups in total. The molecule has 1 aromatic rings. The van der Waals surface area contributed by atoms with Crippen molar-refractivity contribution in [2.45, 2.75) is 18.2 Å². The van der Waals surface area contributed by atoms with Crippen LogP contribution in [0.2, 0.25) is 0 Å². The zero-order valence-corrected chi connectivity index (χ0v) is 15.1. The Labute approximate surface area is 143 Å². The van der Waals surface area contributed by atoms with E-state index in [1.165, 1.54) is 16.4 Å². The van der Waals surface area contributed by atoms with Gasteiger partial charge in [0.25, 0.3) is 5.69 Å². The zero-order valence-electron chi connectivity index (χ0n) is 11.9. The molecule has 0 aromatic heterocycles. The molecular weight excluding hydrogens is 398 g/mol. The molecule has 0 saturated carbocycles. The zero-order chi connectivity index (χ0) is 15.8. The molecule has 0 amide bonds. The van der Waals surface area contributed by atoms with Crippen LogP contribution in [0, 0.1) is 15.5 Å². The van der Waals surface area contributed by atoms with E-state index in [9.17, 15) is 18.5 Å². The molecule has 1 aliphatic rings. The maximum absolute atomic E-state index is 12.6. The Hall–Kier alpha value is -0.740. The summed E-state index contributed by atoms with van der Waals surface area (Å²) in [5.41, 5.74) is 5.18. The molecule has 1 aromatic carbocycles. The number of nitrogens with zero attached hydrogens (tertiary/aromatic N) is 2. The standard InChI is InChI=1S/C12H16BrN3O4S.ClH/c1-12(7-14)2-3-15(8-12)21(19,20)11-5-9(13)4-10(6-11)16(17)18;/h4-6H,2-3,7-8,14H2,1H3;1H. The molecule has 0 aliphatic carbocycles. The Balaban J connectivity index is 0.00000242. The molecule has 10 heteroatoms. The first-order chi connectivity index (χ1) is 9.68. The van der Waals surface area contributed by atoms with E-state index in [1.54, 1.807) is 0 Å². The summed E-state index contributed by atoms with van der Waals surface area (Å²) in [5, 5.41) is 10.9. The number of nitrogens with two attached hydrogens (primary N) is 1. The minimum atomic E-state index is -3.76. The summed E-state index contributed by atoms with van der Waals surface area (Å²) in [7, 11) is -3.76. The monoisotopic (exact) mass is 413 g/mol. The van der Waals surface area contributed by atoms with Crippen molar-refractivity contribution in [1.29, 1.82) is 0 Å². The number of nitro benzene ring substituents is 1. The van der Waals surface area contributed by atoms with Gasteiger partial charge in [-0.3, -0.25) is 10.1 Å². The number of rotatable bonds is 4. The third kappa shape index (κ3) is 3.77. The quantitative estimate of drug-likeness (QED) is 0.600. The van der Waals surface area contributed by atoms with E-state index in [4.69, 9.17) is 5.73 Å². The molecule has 0 radical (unpaired) electrons. The van der Waals surface area contributed by atoms with Crippen LogP contribution in [0.3, 0.4) is 0 Å². The van der Waals surface area contributed by atoms with Crippen molar-refractivity contribution in [2.24, 2.45) is 11.1 Å². The van der Waals surface area contributed by atoms with Gasteiger partial charge in [-0.05, 0) is 24.4 Å². The number of benzene rings is 1. The Bertz CT molecular complexity index is 685. The number of nitro groups is 1. The molecule has 0 bridgehead atoms. The van der Waals surface area contributed by atoms with Crippen LogP contribution in [0.5, 0.6) is 0 Å². The fourth-order valence-corrected chi connectivity index (χ4v) is 4.59. The van der Waals surface area contributed by atoms with E-state index >= 15 is 0 Å². The van der Waals surface area contributed by atoms with E-state index in [2.05, 4.69) is 15.9 Å². The fraction of sp³-hybridized carbons (Fsp3) is 0.500. The summed E-state index contributed by atoms with van der Waals surface area (Å²) in [6, 6.07) is 3.73. The molecule has 1 atom stereocenters. The van der Waals surface area contributed by atoms with Crippen molar-refractivity contribution in [2.75, 3.05) is 19.6 Å². The number of hydrogen-bond donors (Lipinski definition) is 1. The molecule has 1 unspecified atom stereocenters. The summed E-state index contributed by atoms with van der Waals surface area (Å²) in [6.45, 7) is 3.03. The highest BCUT2D eigenvalue weighted by Crippen LogP contribution is 2.34. The van der Waals surface area contributed by atoms with Gasteiger partial charge in [-0.25, -0.2) is 8.42 Å². The molecule has 1 aliphatic heterocycles. The van der Waals surface area contributed by atoms with Crippen LogP contribution >= 0.6 is 28.3 Å². The fourth-order valence-electron chi connectivity index (χ4n) is 2.30. The van der Waals surface area contributed by atoms with Crippen LogP contribution in [0.25, 0.3) is 0 Å². The molecule has 7 nitrogen and oxygen atoms in total. The molecule has 124 valence electrons. The van der Waals surface area contributed by atoms with Gasteiger partial charge < -0.3 is 5.73 Å².